The van der Waals surface area contributed by atoms with Crippen LogP contribution in [0.15, 0.2) is 36.4 Å². The van der Waals surface area contributed by atoms with E-state index >= 15 is 0 Å². The Kier molecular flexibility index (Phi) is 4.64. The third-order valence-electron chi connectivity index (χ3n) is 3.39. The molecule has 24 heavy (non-hydrogen) atoms. The quantitative estimate of drug-likeness (QED) is 0.488. The highest BCUT2D eigenvalue weighted by molar-refractivity contribution is 6.30. The number of aromatic amines is 1. The van der Waals surface area contributed by atoms with Crippen LogP contribution in [0.1, 0.15) is 16.2 Å². The largest absolute Gasteiger partial charge is 0.493 e. The van der Waals surface area contributed by atoms with Crippen LogP contribution in [0.3, 0.4) is 0 Å². The molecule has 0 aliphatic carbocycles. The van der Waals surface area contributed by atoms with E-state index in [2.05, 4.69) is 9.97 Å². The summed E-state index contributed by atoms with van der Waals surface area (Å²) in [4.78, 5) is 18.9. The minimum atomic E-state index is -0.593. The number of fused-ring (bicyclic) bond motifs is 1. The molecule has 0 saturated heterocycles. The second kappa shape index (κ2) is 6.86. The van der Waals surface area contributed by atoms with E-state index in [0.29, 0.717) is 41.2 Å². The third kappa shape index (κ3) is 3.47. The Hall–Kier alpha value is -2.64. The van der Waals surface area contributed by atoms with Crippen LogP contribution in [0.2, 0.25) is 5.02 Å². The fourth-order valence-corrected chi connectivity index (χ4v) is 2.39. The zero-order chi connectivity index (χ0) is 17.1. The number of imidazole rings is 1. The predicted octanol–water partition coefficient (Wildman–Crippen LogP) is 3.10. The van der Waals surface area contributed by atoms with Gasteiger partial charge in [0.25, 0.3) is 5.91 Å². The van der Waals surface area contributed by atoms with Crippen molar-refractivity contribution in [3.63, 3.8) is 0 Å². The minimum absolute atomic E-state index is 0.00549. The van der Waals surface area contributed by atoms with Gasteiger partial charge in [0.2, 0.25) is 0 Å². The van der Waals surface area contributed by atoms with Gasteiger partial charge >= 0.3 is 0 Å². The number of carbonyl (C=O) groups is 1. The Bertz CT molecular complexity index is 897. The van der Waals surface area contributed by atoms with Crippen LogP contribution in [0.4, 0.5) is 4.39 Å². The van der Waals surface area contributed by atoms with E-state index in [1.165, 1.54) is 18.2 Å². The maximum absolute atomic E-state index is 13.1. The zero-order valence-corrected chi connectivity index (χ0v) is 13.1. The van der Waals surface area contributed by atoms with Crippen LogP contribution >= 0.6 is 11.6 Å². The van der Waals surface area contributed by atoms with E-state index in [-0.39, 0.29) is 5.02 Å². The number of aromatic nitrogens is 2. The summed E-state index contributed by atoms with van der Waals surface area (Å²) in [6.07, 6.45) is 0.491. The van der Waals surface area contributed by atoms with Crippen molar-refractivity contribution in [3.8, 4) is 5.75 Å². The van der Waals surface area contributed by atoms with Gasteiger partial charge in [-0.1, -0.05) is 11.6 Å². The first-order chi connectivity index (χ1) is 11.6. The molecule has 3 N–H and O–H groups in total. The Labute approximate surface area is 141 Å². The summed E-state index contributed by atoms with van der Waals surface area (Å²) in [5.41, 5.74) is 3.28. The number of nitrogens with zero attached hydrogens (tertiary/aromatic N) is 1. The Morgan fingerprint density at radius 3 is 2.92 bits per heavy atom. The van der Waals surface area contributed by atoms with Gasteiger partial charge in [0.1, 0.15) is 17.4 Å². The van der Waals surface area contributed by atoms with Crippen molar-refractivity contribution in [2.24, 2.45) is 0 Å². The van der Waals surface area contributed by atoms with Gasteiger partial charge in [-0.25, -0.2) is 14.9 Å². The lowest BCUT2D eigenvalue weighted by atomic mass is 10.2. The summed E-state index contributed by atoms with van der Waals surface area (Å²) in [7, 11) is 0. The van der Waals surface area contributed by atoms with Crippen molar-refractivity contribution in [1.82, 2.24) is 15.4 Å². The van der Waals surface area contributed by atoms with Crippen molar-refractivity contribution in [2.75, 3.05) is 6.61 Å². The second-order valence-electron chi connectivity index (χ2n) is 5.03. The lowest BCUT2D eigenvalue weighted by Crippen LogP contribution is -2.18. The monoisotopic (exact) mass is 349 g/mol. The molecule has 1 amide bonds. The number of H-pyrrole nitrogens is 1. The first kappa shape index (κ1) is 16.2. The summed E-state index contributed by atoms with van der Waals surface area (Å²) in [6.45, 7) is 0.325. The van der Waals surface area contributed by atoms with Crippen LogP contribution in [-0.2, 0) is 6.42 Å². The molecule has 0 aliphatic heterocycles. The van der Waals surface area contributed by atoms with Crippen molar-refractivity contribution in [2.45, 2.75) is 6.42 Å². The average molecular weight is 350 g/mol. The molecular formula is C16H13ClFN3O3. The number of amides is 1. The molecule has 124 valence electrons. The number of nitrogens with one attached hydrogen (secondary N) is 2. The standard InChI is InChI=1S/C16H13ClFN3O3/c17-11-8-10(2-3-12(11)18)24-6-5-15-19-13-4-1-9(16(22)21-23)7-14(13)20-15/h1-4,7-8,23H,5-6H2,(H,19,20)(H,21,22). The van der Waals surface area contributed by atoms with Crippen LogP contribution in [0.5, 0.6) is 5.75 Å². The van der Waals surface area contributed by atoms with E-state index in [9.17, 15) is 9.18 Å². The molecule has 0 bridgehead atoms. The number of benzene rings is 2. The van der Waals surface area contributed by atoms with Crippen LogP contribution in [-0.4, -0.2) is 27.7 Å². The minimum Gasteiger partial charge on any atom is -0.493 e. The Morgan fingerprint density at radius 2 is 2.17 bits per heavy atom. The fraction of sp³-hybridized carbons (Fsp3) is 0.125. The molecule has 1 heterocycles. The molecule has 2 aromatic carbocycles. The van der Waals surface area contributed by atoms with Crippen LogP contribution in [0.25, 0.3) is 11.0 Å². The fourth-order valence-electron chi connectivity index (χ4n) is 2.22. The van der Waals surface area contributed by atoms with E-state index in [1.807, 2.05) is 0 Å². The Morgan fingerprint density at radius 1 is 1.33 bits per heavy atom. The molecule has 3 rings (SSSR count). The van der Waals surface area contributed by atoms with Crippen molar-refractivity contribution in [1.29, 1.82) is 0 Å². The van der Waals surface area contributed by atoms with Crippen molar-refractivity contribution >= 4 is 28.5 Å². The van der Waals surface area contributed by atoms with Gasteiger partial charge in [0.05, 0.1) is 22.7 Å². The van der Waals surface area contributed by atoms with Gasteiger partial charge in [-0.15, -0.1) is 0 Å². The molecule has 8 heteroatoms. The predicted molar refractivity (Wildman–Crippen MR) is 86.0 cm³/mol. The highest BCUT2D eigenvalue weighted by Gasteiger charge is 2.09. The summed E-state index contributed by atoms with van der Waals surface area (Å²) >= 11 is 5.69. The molecule has 6 nitrogen and oxygen atoms in total. The normalized spacial score (nSPS) is 10.8. The molecule has 0 radical (unpaired) electrons. The Balaban J connectivity index is 1.66. The summed E-state index contributed by atoms with van der Waals surface area (Å²) < 4.78 is 18.6. The third-order valence-corrected chi connectivity index (χ3v) is 3.68. The lowest BCUT2D eigenvalue weighted by molar-refractivity contribution is 0.0706. The number of hydrogen-bond acceptors (Lipinski definition) is 4. The smallest absolute Gasteiger partial charge is 0.274 e. The van der Waals surface area contributed by atoms with Gasteiger partial charge in [-0.2, -0.15) is 0 Å². The van der Waals surface area contributed by atoms with Crippen molar-refractivity contribution < 1.29 is 19.1 Å². The molecule has 1 aromatic heterocycles. The molecule has 0 aliphatic rings. The first-order valence-electron chi connectivity index (χ1n) is 7.08. The lowest BCUT2D eigenvalue weighted by Gasteiger charge is -2.05. The maximum Gasteiger partial charge on any atom is 0.274 e. The summed E-state index contributed by atoms with van der Waals surface area (Å²) in [5, 5.41) is 8.66. The van der Waals surface area contributed by atoms with E-state index < -0.39 is 11.7 Å². The van der Waals surface area contributed by atoms with E-state index in [0.717, 1.165) is 0 Å². The average Bonchev–Trinajstić information content (AvgIpc) is 2.99. The van der Waals surface area contributed by atoms with Crippen LogP contribution < -0.4 is 10.2 Å². The zero-order valence-electron chi connectivity index (χ0n) is 12.3. The van der Waals surface area contributed by atoms with Gasteiger partial charge in [-0.3, -0.25) is 10.0 Å². The molecular weight excluding hydrogens is 337 g/mol. The van der Waals surface area contributed by atoms with Crippen LogP contribution in [0, 0.1) is 5.82 Å². The molecule has 0 spiro atoms. The van der Waals surface area contributed by atoms with Gasteiger partial charge in [-0.05, 0) is 30.3 Å². The number of rotatable bonds is 5. The van der Waals surface area contributed by atoms with Gasteiger partial charge in [0.15, 0.2) is 0 Å². The van der Waals surface area contributed by atoms with Crippen molar-refractivity contribution in [3.05, 3.63) is 58.6 Å². The van der Waals surface area contributed by atoms with Gasteiger partial charge < -0.3 is 9.72 Å². The van der Waals surface area contributed by atoms with E-state index in [4.69, 9.17) is 21.5 Å². The molecule has 0 atom stereocenters. The topological polar surface area (TPSA) is 87.2 Å². The summed E-state index contributed by atoms with van der Waals surface area (Å²) in [5.74, 6) is 0.0628. The number of halogens is 2. The molecule has 0 fully saturated rings. The van der Waals surface area contributed by atoms with Gasteiger partial charge in [0, 0.05) is 18.1 Å². The number of ether oxygens (including phenoxy) is 1. The number of carbonyl (C=O) groups excluding carboxylic acids is 1. The summed E-state index contributed by atoms with van der Waals surface area (Å²) in [6, 6.07) is 9.00. The molecule has 0 unspecified atom stereocenters. The second-order valence-corrected chi connectivity index (χ2v) is 5.44. The number of hydroxylamine groups is 1. The molecule has 0 saturated carbocycles. The highest BCUT2D eigenvalue weighted by Crippen LogP contribution is 2.21. The SMILES string of the molecule is O=C(NO)c1ccc2nc(CCOc3ccc(F)c(Cl)c3)[nH]c2c1. The molecule has 3 aromatic rings. The number of hydrogen-bond donors (Lipinski definition) is 3. The highest BCUT2D eigenvalue weighted by atomic mass is 35.5. The van der Waals surface area contributed by atoms with E-state index in [1.54, 1.807) is 23.7 Å². The maximum atomic E-state index is 13.1. The first-order valence-corrected chi connectivity index (χ1v) is 7.45.